The summed E-state index contributed by atoms with van der Waals surface area (Å²) in [5, 5.41) is 6.17. The number of nitrogens with zero attached hydrogens (tertiary/aromatic N) is 3. The van der Waals surface area contributed by atoms with Crippen molar-refractivity contribution >= 4 is 17.9 Å². The first-order chi connectivity index (χ1) is 16.6. The summed E-state index contributed by atoms with van der Waals surface area (Å²) in [5.74, 6) is 0.961. The monoisotopic (exact) mass is 457 g/mol. The van der Waals surface area contributed by atoms with Gasteiger partial charge in [-0.25, -0.2) is 0 Å². The van der Waals surface area contributed by atoms with Crippen LogP contribution in [-0.2, 0) is 13.0 Å². The van der Waals surface area contributed by atoms with Gasteiger partial charge in [0.1, 0.15) is 5.82 Å². The van der Waals surface area contributed by atoms with Gasteiger partial charge in [0, 0.05) is 25.1 Å². The van der Waals surface area contributed by atoms with Crippen molar-refractivity contribution in [3.05, 3.63) is 95.8 Å². The maximum absolute atomic E-state index is 12.3. The summed E-state index contributed by atoms with van der Waals surface area (Å²) in [6.07, 6.45) is 5.92. The molecule has 2 N–H and O–H groups in total. The normalized spacial score (nSPS) is 10.4. The lowest BCUT2D eigenvalue weighted by atomic mass is 10.1. The van der Waals surface area contributed by atoms with Crippen LogP contribution in [-0.4, -0.2) is 34.0 Å². The summed E-state index contributed by atoms with van der Waals surface area (Å²) in [6, 6.07) is 15.8. The first kappa shape index (κ1) is 24.6. The van der Waals surface area contributed by atoms with Gasteiger partial charge in [0.05, 0.1) is 6.61 Å². The predicted octanol–water partition coefficient (Wildman–Crippen LogP) is 4.81. The number of benzene rings is 2. The lowest BCUT2D eigenvalue weighted by Crippen LogP contribution is -2.24. The summed E-state index contributed by atoms with van der Waals surface area (Å²) < 4.78 is 5.54. The molecule has 0 aliphatic carbocycles. The van der Waals surface area contributed by atoms with Crippen LogP contribution in [0.3, 0.4) is 0 Å². The van der Waals surface area contributed by atoms with Gasteiger partial charge in [0.2, 0.25) is 5.95 Å². The summed E-state index contributed by atoms with van der Waals surface area (Å²) in [4.78, 5) is 25.6. The van der Waals surface area contributed by atoms with E-state index in [1.165, 1.54) is 0 Å². The van der Waals surface area contributed by atoms with Crippen molar-refractivity contribution in [3.8, 4) is 6.01 Å². The van der Waals surface area contributed by atoms with E-state index in [-0.39, 0.29) is 11.9 Å². The zero-order valence-corrected chi connectivity index (χ0v) is 19.6. The van der Waals surface area contributed by atoms with Crippen LogP contribution < -0.4 is 15.4 Å². The second kappa shape index (κ2) is 12.9. The Morgan fingerprint density at radius 1 is 1.00 bits per heavy atom. The Morgan fingerprint density at radius 2 is 1.74 bits per heavy atom. The Labute approximate surface area is 201 Å². The van der Waals surface area contributed by atoms with Crippen LogP contribution in [0.15, 0.2) is 67.8 Å². The van der Waals surface area contributed by atoms with Crippen LogP contribution in [0.2, 0.25) is 0 Å². The van der Waals surface area contributed by atoms with Crippen LogP contribution >= 0.6 is 0 Å². The van der Waals surface area contributed by atoms with E-state index in [4.69, 9.17) is 4.74 Å². The van der Waals surface area contributed by atoms with Crippen molar-refractivity contribution in [3.63, 3.8) is 0 Å². The lowest BCUT2D eigenvalue weighted by Gasteiger charge is -2.10. The van der Waals surface area contributed by atoms with E-state index in [0.717, 1.165) is 29.5 Å². The van der Waals surface area contributed by atoms with E-state index in [2.05, 4.69) is 38.7 Å². The predicted molar refractivity (Wildman–Crippen MR) is 136 cm³/mol. The molecule has 2 aromatic carbocycles. The fourth-order valence-electron chi connectivity index (χ4n) is 3.21. The summed E-state index contributed by atoms with van der Waals surface area (Å²) in [5.41, 5.74) is 3.78. The Bertz CT molecular complexity index is 1100. The zero-order chi connectivity index (χ0) is 24.2. The Kier molecular flexibility index (Phi) is 9.34. The molecule has 0 aliphatic heterocycles. The number of nitrogens with one attached hydrogen (secondary N) is 2. The minimum atomic E-state index is -0.0815. The van der Waals surface area contributed by atoms with Gasteiger partial charge in [0.15, 0.2) is 0 Å². The maximum Gasteiger partial charge on any atom is 0.321 e. The van der Waals surface area contributed by atoms with Gasteiger partial charge in [-0.05, 0) is 48.6 Å². The molecular formula is C27H31N5O2. The lowest BCUT2D eigenvalue weighted by molar-refractivity contribution is 0.0953. The third-order valence-electron chi connectivity index (χ3n) is 5.05. The van der Waals surface area contributed by atoms with Crippen molar-refractivity contribution in [2.24, 2.45) is 0 Å². The van der Waals surface area contributed by atoms with E-state index in [1.54, 1.807) is 0 Å². The van der Waals surface area contributed by atoms with E-state index < -0.39 is 0 Å². The molecule has 0 saturated carbocycles. The fraction of sp³-hybridized carbons (Fsp3) is 0.259. The van der Waals surface area contributed by atoms with Crippen LogP contribution in [0.1, 0.15) is 52.6 Å². The summed E-state index contributed by atoms with van der Waals surface area (Å²) in [6.45, 7) is 11.0. The highest BCUT2D eigenvalue weighted by molar-refractivity contribution is 5.94. The van der Waals surface area contributed by atoms with E-state index >= 15 is 0 Å². The Morgan fingerprint density at radius 3 is 2.41 bits per heavy atom. The third-order valence-corrected chi connectivity index (χ3v) is 5.05. The number of ether oxygens (including phenoxy) is 1. The van der Waals surface area contributed by atoms with Crippen LogP contribution in [0, 0.1) is 0 Å². The molecule has 1 amide bonds. The molecule has 3 aromatic rings. The number of carbonyl (C=O) groups is 1. The largest absolute Gasteiger partial charge is 0.464 e. The Hall–Kier alpha value is -4.00. The van der Waals surface area contributed by atoms with E-state index in [0.29, 0.717) is 43.5 Å². The molecule has 0 fully saturated rings. The van der Waals surface area contributed by atoms with Crippen molar-refractivity contribution in [2.45, 2.75) is 32.7 Å². The van der Waals surface area contributed by atoms with Crippen molar-refractivity contribution < 1.29 is 9.53 Å². The third kappa shape index (κ3) is 7.55. The highest BCUT2D eigenvalue weighted by atomic mass is 16.5. The second-order valence-electron chi connectivity index (χ2n) is 7.65. The van der Waals surface area contributed by atoms with Gasteiger partial charge in [0.25, 0.3) is 5.91 Å². The topological polar surface area (TPSA) is 89.0 Å². The number of rotatable bonds is 13. The average Bonchev–Trinajstić information content (AvgIpc) is 2.86. The van der Waals surface area contributed by atoms with Crippen LogP contribution in [0.4, 0.5) is 5.95 Å². The highest BCUT2D eigenvalue weighted by Crippen LogP contribution is 2.14. The minimum absolute atomic E-state index is 0.0815. The molecular weight excluding hydrogens is 426 g/mol. The van der Waals surface area contributed by atoms with Crippen LogP contribution in [0.5, 0.6) is 6.01 Å². The highest BCUT2D eigenvalue weighted by Gasteiger charge is 2.10. The van der Waals surface area contributed by atoms with Gasteiger partial charge in [-0.1, -0.05) is 55.1 Å². The van der Waals surface area contributed by atoms with Gasteiger partial charge >= 0.3 is 6.01 Å². The number of unbranched alkanes of at least 4 members (excludes halogenated alkanes) is 1. The number of hydrogen-bond acceptors (Lipinski definition) is 6. The molecule has 176 valence electrons. The molecule has 0 unspecified atom stereocenters. The molecule has 0 bridgehead atoms. The number of aromatic nitrogens is 3. The van der Waals surface area contributed by atoms with E-state index in [1.807, 2.05) is 67.6 Å². The number of anilines is 1. The quantitative estimate of drug-likeness (QED) is 0.283. The van der Waals surface area contributed by atoms with Crippen LogP contribution in [0.25, 0.3) is 6.08 Å². The van der Waals surface area contributed by atoms with Gasteiger partial charge in [-0.15, -0.1) is 6.58 Å². The molecule has 1 heterocycles. The van der Waals surface area contributed by atoms with E-state index in [9.17, 15) is 4.79 Å². The number of hydrogen-bond donors (Lipinski definition) is 2. The van der Waals surface area contributed by atoms with Crippen molar-refractivity contribution in [1.29, 1.82) is 0 Å². The first-order valence-electron chi connectivity index (χ1n) is 11.4. The SMILES string of the molecule is C=CCCCNC(=O)c1ccc(Cc2nc(NCc3ccc(C=C)cc3)nc(OCC)n2)cc1. The second-order valence-corrected chi connectivity index (χ2v) is 7.65. The number of allylic oxidation sites excluding steroid dienone is 1. The van der Waals surface area contributed by atoms with Gasteiger partial charge < -0.3 is 15.4 Å². The van der Waals surface area contributed by atoms with Gasteiger partial charge in [-0.2, -0.15) is 15.0 Å². The molecule has 0 saturated heterocycles. The van der Waals surface area contributed by atoms with Crippen molar-refractivity contribution in [2.75, 3.05) is 18.5 Å². The molecule has 7 nitrogen and oxygen atoms in total. The smallest absolute Gasteiger partial charge is 0.321 e. The average molecular weight is 458 g/mol. The molecule has 0 atom stereocenters. The number of carbonyl (C=O) groups excluding carboxylic acids is 1. The summed E-state index contributed by atoms with van der Waals surface area (Å²) >= 11 is 0. The zero-order valence-electron chi connectivity index (χ0n) is 19.6. The fourth-order valence-corrected chi connectivity index (χ4v) is 3.21. The maximum atomic E-state index is 12.3. The molecule has 0 radical (unpaired) electrons. The molecule has 1 aromatic heterocycles. The minimum Gasteiger partial charge on any atom is -0.464 e. The van der Waals surface area contributed by atoms with Crippen molar-refractivity contribution in [1.82, 2.24) is 20.3 Å². The standard InChI is InChI=1S/C27H31N5O2/c1-4-7-8-17-28-25(33)23-15-13-21(14-16-23)18-24-30-26(32-27(31-24)34-6-3)29-19-22-11-9-20(5-2)10-12-22/h4-5,9-16H,1-2,6-8,17-19H2,3H3,(H,28,33)(H,29,30,31,32). The molecule has 3 rings (SSSR count). The van der Waals surface area contributed by atoms with Gasteiger partial charge in [-0.3, -0.25) is 4.79 Å². The molecule has 0 aliphatic rings. The Balaban J connectivity index is 1.65. The molecule has 7 heteroatoms. The number of amides is 1. The first-order valence-corrected chi connectivity index (χ1v) is 11.4. The molecule has 34 heavy (non-hydrogen) atoms. The summed E-state index contributed by atoms with van der Waals surface area (Å²) in [7, 11) is 0. The molecule has 0 spiro atoms.